The minimum absolute atomic E-state index is 0.0800. The van der Waals surface area contributed by atoms with E-state index in [2.05, 4.69) is 4.98 Å². The van der Waals surface area contributed by atoms with Gasteiger partial charge in [-0.1, -0.05) is 23.2 Å². The summed E-state index contributed by atoms with van der Waals surface area (Å²) in [6.07, 6.45) is 2.30. The molecule has 1 fully saturated rings. The first-order valence-corrected chi connectivity index (χ1v) is 9.91. The number of hydrogen-bond donors (Lipinski definition) is 0. The number of ketones is 1. The van der Waals surface area contributed by atoms with Gasteiger partial charge in [0.25, 0.3) is 0 Å². The molecule has 152 valence electrons. The van der Waals surface area contributed by atoms with Crippen molar-refractivity contribution in [1.82, 2.24) is 9.88 Å². The second kappa shape index (κ2) is 9.37. The van der Waals surface area contributed by atoms with Crippen molar-refractivity contribution in [1.29, 1.82) is 0 Å². The van der Waals surface area contributed by atoms with Crippen LogP contribution in [-0.4, -0.2) is 41.1 Å². The zero-order chi connectivity index (χ0) is 21.0. The number of amides is 2. The molecule has 0 bridgehead atoms. The number of ether oxygens (including phenoxy) is 1. The molecule has 0 aliphatic carbocycles. The maximum Gasteiger partial charge on any atom is 0.235 e. The van der Waals surface area contributed by atoms with Crippen molar-refractivity contribution in [2.45, 2.75) is 25.7 Å². The van der Waals surface area contributed by atoms with Crippen LogP contribution in [0.2, 0.25) is 10.0 Å². The van der Waals surface area contributed by atoms with Gasteiger partial charge in [-0.3, -0.25) is 24.3 Å². The largest absolute Gasteiger partial charge is 0.496 e. The lowest BCUT2D eigenvalue weighted by molar-refractivity contribution is -0.148. The van der Waals surface area contributed by atoms with E-state index in [1.165, 1.54) is 6.20 Å². The van der Waals surface area contributed by atoms with Crippen molar-refractivity contribution in [3.8, 4) is 5.75 Å². The van der Waals surface area contributed by atoms with E-state index in [9.17, 15) is 14.4 Å². The monoisotopic (exact) mass is 434 g/mol. The van der Waals surface area contributed by atoms with Crippen LogP contribution in [0, 0.1) is 5.92 Å². The summed E-state index contributed by atoms with van der Waals surface area (Å²) in [4.78, 5) is 43.2. The molecule has 3 rings (SSSR count). The summed E-state index contributed by atoms with van der Waals surface area (Å²) in [7, 11) is 1.54. The Balaban J connectivity index is 1.80. The van der Waals surface area contributed by atoms with Crippen LogP contribution in [0.15, 0.2) is 36.5 Å². The summed E-state index contributed by atoms with van der Waals surface area (Å²) in [5, 5.41) is 0.984. The summed E-state index contributed by atoms with van der Waals surface area (Å²) < 4.78 is 5.36. The fourth-order valence-corrected chi connectivity index (χ4v) is 3.65. The summed E-state index contributed by atoms with van der Waals surface area (Å²) in [5.41, 5.74) is 1.25. The second-order valence-electron chi connectivity index (χ2n) is 6.90. The molecule has 1 aromatic heterocycles. The number of halogens is 2. The number of Topliss-reactive ketones (excluding diaryl/α,β-unsaturated/α-hetero) is 1. The van der Waals surface area contributed by atoms with Gasteiger partial charge in [0.15, 0.2) is 5.78 Å². The van der Waals surface area contributed by atoms with Crippen LogP contribution in [0.4, 0.5) is 0 Å². The van der Waals surface area contributed by atoms with Crippen molar-refractivity contribution in [3.05, 3.63) is 57.8 Å². The Morgan fingerprint density at radius 1 is 1.21 bits per heavy atom. The average Bonchev–Trinajstić information content (AvgIpc) is 2.83. The third-order valence-corrected chi connectivity index (χ3v) is 5.31. The highest BCUT2D eigenvalue weighted by atomic mass is 35.5. The van der Waals surface area contributed by atoms with Crippen molar-refractivity contribution < 1.29 is 19.1 Å². The Morgan fingerprint density at radius 3 is 2.66 bits per heavy atom. The van der Waals surface area contributed by atoms with Gasteiger partial charge in [-0.05, 0) is 48.7 Å². The predicted octanol–water partition coefficient (Wildman–Crippen LogP) is 3.52. The van der Waals surface area contributed by atoms with Crippen LogP contribution in [0.25, 0.3) is 0 Å². The van der Waals surface area contributed by atoms with Crippen LogP contribution < -0.4 is 4.74 Å². The summed E-state index contributed by atoms with van der Waals surface area (Å²) >= 11 is 11.9. The lowest BCUT2D eigenvalue weighted by Crippen LogP contribution is -2.43. The molecule has 0 radical (unpaired) electrons. The number of likely N-dealkylation sites (tertiary alicyclic amines) is 1. The molecule has 0 N–H and O–H groups in total. The number of methoxy groups -OCH3 is 1. The Labute approximate surface area is 178 Å². The Bertz CT molecular complexity index is 931. The molecule has 29 heavy (non-hydrogen) atoms. The van der Waals surface area contributed by atoms with Crippen LogP contribution >= 0.6 is 23.2 Å². The summed E-state index contributed by atoms with van der Waals surface area (Å²) in [6.45, 7) is -0.214. The maximum absolute atomic E-state index is 13.1. The first-order chi connectivity index (χ1) is 13.9. The number of carbonyl (C=O) groups is 3. The van der Waals surface area contributed by atoms with Gasteiger partial charge >= 0.3 is 0 Å². The van der Waals surface area contributed by atoms with Crippen LogP contribution in [0.1, 0.15) is 24.1 Å². The lowest BCUT2D eigenvalue weighted by Gasteiger charge is -2.22. The van der Waals surface area contributed by atoms with E-state index in [-0.39, 0.29) is 31.1 Å². The van der Waals surface area contributed by atoms with E-state index in [0.29, 0.717) is 34.3 Å². The number of aromatic nitrogens is 1. The molecular weight excluding hydrogens is 415 g/mol. The van der Waals surface area contributed by atoms with Crippen molar-refractivity contribution in [2.24, 2.45) is 5.92 Å². The molecular formula is C21H20Cl2N2O4. The van der Waals surface area contributed by atoms with Gasteiger partial charge in [-0.25, -0.2) is 0 Å². The zero-order valence-electron chi connectivity index (χ0n) is 15.9. The molecule has 0 spiro atoms. The van der Waals surface area contributed by atoms with Crippen molar-refractivity contribution >= 4 is 40.8 Å². The Morgan fingerprint density at radius 2 is 1.97 bits per heavy atom. The highest BCUT2D eigenvalue weighted by Gasteiger charge is 2.34. The van der Waals surface area contributed by atoms with Gasteiger partial charge in [0.05, 0.1) is 25.1 Å². The van der Waals surface area contributed by atoms with Crippen LogP contribution in [0.3, 0.4) is 0 Å². The quantitative estimate of drug-likeness (QED) is 0.719. The molecule has 1 saturated heterocycles. The van der Waals surface area contributed by atoms with E-state index in [4.69, 9.17) is 27.9 Å². The van der Waals surface area contributed by atoms with Crippen molar-refractivity contribution in [3.63, 3.8) is 0 Å². The van der Waals surface area contributed by atoms with Crippen LogP contribution in [-0.2, 0) is 27.2 Å². The topological polar surface area (TPSA) is 76.6 Å². The fourth-order valence-electron chi connectivity index (χ4n) is 3.35. The molecule has 1 aliphatic rings. The molecule has 0 saturated carbocycles. The molecule has 1 aromatic carbocycles. The van der Waals surface area contributed by atoms with E-state index in [1.54, 1.807) is 37.4 Å². The summed E-state index contributed by atoms with van der Waals surface area (Å²) in [5.74, 6) is -0.867. The number of nitrogens with zero attached hydrogens (tertiary/aromatic N) is 2. The third-order valence-electron chi connectivity index (χ3n) is 4.85. The standard InChI is InChI=1S/C21H20Cl2N2O4/c1-29-19-7-4-15(22)9-14(19)8-13-2-6-18(26)12-25(21(13)28)20(27)10-17-5-3-16(23)11-24-17/h3-5,7,9,11,13H,2,6,8,10,12H2,1H3. The first-order valence-electron chi connectivity index (χ1n) is 9.16. The number of pyridine rings is 1. The molecule has 6 nitrogen and oxygen atoms in total. The molecule has 1 aliphatic heterocycles. The summed E-state index contributed by atoms with van der Waals surface area (Å²) in [6, 6.07) is 8.43. The molecule has 2 aromatic rings. The Hall–Kier alpha value is -2.44. The van der Waals surface area contributed by atoms with Gasteiger partial charge in [-0.2, -0.15) is 0 Å². The third kappa shape index (κ3) is 5.34. The van der Waals surface area contributed by atoms with Crippen LogP contribution in [0.5, 0.6) is 5.75 Å². The normalized spacial score (nSPS) is 17.2. The predicted molar refractivity (Wildman–Crippen MR) is 109 cm³/mol. The van der Waals surface area contributed by atoms with Gasteiger partial charge < -0.3 is 4.74 Å². The van der Waals surface area contributed by atoms with Gasteiger partial charge in [0.1, 0.15) is 5.75 Å². The number of carbonyl (C=O) groups excluding carboxylic acids is 3. The molecule has 1 unspecified atom stereocenters. The molecule has 8 heteroatoms. The minimum Gasteiger partial charge on any atom is -0.496 e. The highest BCUT2D eigenvalue weighted by molar-refractivity contribution is 6.30. The number of benzene rings is 1. The van der Waals surface area contributed by atoms with Gasteiger partial charge in [0, 0.05) is 29.3 Å². The molecule has 2 heterocycles. The first kappa shape index (κ1) is 21.3. The maximum atomic E-state index is 13.1. The smallest absolute Gasteiger partial charge is 0.235 e. The fraction of sp³-hybridized carbons (Fsp3) is 0.333. The Kier molecular flexibility index (Phi) is 6.87. The van der Waals surface area contributed by atoms with E-state index < -0.39 is 11.8 Å². The zero-order valence-corrected chi connectivity index (χ0v) is 17.4. The number of imide groups is 1. The van der Waals surface area contributed by atoms with E-state index in [1.807, 2.05) is 0 Å². The lowest BCUT2D eigenvalue weighted by atomic mass is 9.93. The SMILES string of the molecule is COc1ccc(Cl)cc1CC1CCC(=O)CN(C(=O)Cc2ccc(Cl)cn2)C1=O. The molecule has 2 amide bonds. The molecule has 1 atom stereocenters. The minimum atomic E-state index is -0.518. The van der Waals surface area contributed by atoms with E-state index >= 15 is 0 Å². The highest BCUT2D eigenvalue weighted by Crippen LogP contribution is 2.28. The van der Waals surface area contributed by atoms with Gasteiger partial charge in [-0.15, -0.1) is 0 Å². The average molecular weight is 435 g/mol. The van der Waals surface area contributed by atoms with Crippen molar-refractivity contribution in [2.75, 3.05) is 13.7 Å². The number of rotatable bonds is 5. The van der Waals surface area contributed by atoms with Gasteiger partial charge in [0.2, 0.25) is 11.8 Å². The second-order valence-corrected chi connectivity index (χ2v) is 7.77. The van der Waals surface area contributed by atoms with E-state index in [0.717, 1.165) is 10.5 Å². The number of hydrogen-bond acceptors (Lipinski definition) is 5.